The van der Waals surface area contributed by atoms with E-state index in [-0.39, 0.29) is 0 Å². The first kappa shape index (κ1) is 11.3. The molecule has 1 rings (SSSR count). The van der Waals surface area contributed by atoms with Gasteiger partial charge in [-0.3, -0.25) is 4.79 Å². The fourth-order valence-corrected chi connectivity index (χ4v) is 2.19. The maximum absolute atomic E-state index is 11.2. The summed E-state index contributed by atoms with van der Waals surface area (Å²) in [6.07, 6.45) is 0.733. The molecule has 0 radical (unpaired) electrons. The normalized spacial score (nSPS) is 9.93. The van der Waals surface area contributed by atoms with Gasteiger partial charge in [-0.05, 0) is 53.1 Å². The minimum absolute atomic E-state index is 0.428. The molecule has 0 spiro atoms. The summed E-state index contributed by atoms with van der Waals surface area (Å²) in [4.78, 5) is 21.3. The maximum Gasteiger partial charge on any atom is 0.317 e. The molecule has 0 aliphatic rings. The Balaban J connectivity index is 3.38. The van der Waals surface area contributed by atoms with Crippen LogP contribution in [0.5, 0.6) is 0 Å². The summed E-state index contributed by atoms with van der Waals surface area (Å²) in [5.74, 6) is -0.681. The van der Waals surface area contributed by atoms with Gasteiger partial charge in [-0.25, -0.2) is 0 Å². The lowest BCUT2D eigenvalue weighted by atomic mass is 10.0. The van der Waals surface area contributed by atoms with Gasteiger partial charge in [0.2, 0.25) is 0 Å². The van der Waals surface area contributed by atoms with E-state index >= 15 is 0 Å². The van der Waals surface area contributed by atoms with E-state index in [9.17, 15) is 9.70 Å². The Morgan fingerprint density at radius 2 is 2.14 bits per heavy atom. The van der Waals surface area contributed by atoms with E-state index in [1.54, 1.807) is 6.07 Å². The van der Waals surface area contributed by atoms with Crippen LogP contribution in [0.15, 0.2) is 17.3 Å². The van der Waals surface area contributed by atoms with Crippen molar-refractivity contribution < 1.29 is 4.79 Å². The Morgan fingerprint density at radius 3 is 2.64 bits per heavy atom. The lowest BCUT2D eigenvalue weighted by Gasteiger charge is -2.08. The van der Waals surface area contributed by atoms with Crippen molar-refractivity contribution in [3.05, 3.63) is 37.3 Å². The lowest BCUT2D eigenvalue weighted by Crippen LogP contribution is -2.03. The van der Waals surface area contributed by atoms with Crippen LogP contribution in [0.3, 0.4) is 0 Å². The molecule has 0 saturated heterocycles. The molecule has 14 heavy (non-hydrogen) atoms. The smallest absolute Gasteiger partial charge is 0.263 e. The summed E-state index contributed by atoms with van der Waals surface area (Å²) in [5, 5.41) is 2.45. The predicted molar refractivity (Wildman–Crippen MR) is 63.4 cm³/mol. The van der Waals surface area contributed by atoms with Gasteiger partial charge in [0.25, 0.3) is 0 Å². The van der Waals surface area contributed by atoms with Crippen molar-refractivity contribution in [2.24, 2.45) is 5.18 Å². The van der Waals surface area contributed by atoms with Crippen LogP contribution in [-0.4, -0.2) is 5.91 Å². The van der Waals surface area contributed by atoms with Gasteiger partial charge in [-0.1, -0.05) is 13.0 Å². The van der Waals surface area contributed by atoms with Crippen molar-refractivity contribution in [2.75, 3.05) is 0 Å². The zero-order valence-electron chi connectivity index (χ0n) is 8.00. The standard InChI is InChI=1S/C10H10INO2/c1-3-7-8(10(13)12-14)5-4-6(2)9(7)11/h4-5H,3H2,1-2H3. The molecule has 0 aromatic heterocycles. The van der Waals surface area contributed by atoms with Gasteiger partial charge in [0.05, 0.1) is 0 Å². The topological polar surface area (TPSA) is 46.5 Å². The highest BCUT2D eigenvalue weighted by molar-refractivity contribution is 14.1. The quantitative estimate of drug-likeness (QED) is 0.622. The molecule has 0 aliphatic heterocycles. The molecule has 0 fully saturated rings. The second kappa shape index (κ2) is 4.63. The summed E-state index contributed by atoms with van der Waals surface area (Å²) >= 11 is 2.18. The fourth-order valence-electron chi connectivity index (χ4n) is 1.33. The number of halogens is 1. The zero-order chi connectivity index (χ0) is 10.7. The van der Waals surface area contributed by atoms with Crippen LogP contribution in [-0.2, 0) is 6.42 Å². The van der Waals surface area contributed by atoms with E-state index in [0.717, 1.165) is 21.1 Å². The molecule has 0 saturated carbocycles. The Kier molecular flexibility index (Phi) is 3.74. The molecule has 0 unspecified atom stereocenters. The zero-order valence-corrected chi connectivity index (χ0v) is 10.2. The number of rotatable bonds is 2. The first-order chi connectivity index (χ1) is 6.61. The number of amides is 1. The first-order valence-electron chi connectivity index (χ1n) is 4.27. The van der Waals surface area contributed by atoms with Gasteiger partial charge in [-0.2, -0.15) is 0 Å². The molecule has 0 aliphatic carbocycles. The lowest BCUT2D eigenvalue weighted by molar-refractivity contribution is 0.1000. The van der Waals surface area contributed by atoms with Gasteiger partial charge < -0.3 is 0 Å². The number of hydrogen-bond donors (Lipinski definition) is 0. The Morgan fingerprint density at radius 1 is 1.50 bits per heavy atom. The molecule has 4 heteroatoms. The third-order valence-electron chi connectivity index (χ3n) is 2.10. The van der Waals surface area contributed by atoms with Crippen LogP contribution in [0.2, 0.25) is 0 Å². The Labute approximate surface area is 96.0 Å². The number of nitrogens with zero attached hydrogens (tertiary/aromatic N) is 1. The molecule has 1 aromatic rings. The SMILES string of the molecule is CCc1c(C(=O)N=O)ccc(C)c1I. The molecule has 1 aromatic carbocycles. The second-order valence-electron chi connectivity index (χ2n) is 2.97. The third kappa shape index (κ3) is 2.00. The van der Waals surface area contributed by atoms with Crippen molar-refractivity contribution in [1.82, 2.24) is 0 Å². The molecule has 3 nitrogen and oxygen atoms in total. The monoisotopic (exact) mass is 303 g/mol. The van der Waals surface area contributed by atoms with E-state index in [0.29, 0.717) is 5.56 Å². The van der Waals surface area contributed by atoms with Gasteiger partial charge in [-0.15, -0.1) is 4.91 Å². The summed E-state index contributed by atoms with van der Waals surface area (Å²) in [6.45, 7) is 3.93. The van der Waals surface area contributed by atoms with E-state index in [1.807, 2.05) is 19.9 Å². The number of carbonyl (C=O) groups is 1. The number of hydrogen-bond acceptors (Lipinski definition) is 2. The van der Waals surface area contributed by atoms with Gasteiger partial charge in [0, 0.05) is 14.3 Å². The van der Waals surface area contributed by atoms with Crippen LogP contribution in [0.1, 0.15) is 28.4 Å². The van der Waals surface area contributed by atoms with E-state index < -0.39 is 5.91 Å². The molecular formula is C10H10INO2. The second-order valence-corrected chi connectivity index (χ2v) is 4.05. The Bertz CT molecular complexity index is 388. The average molecular weight is 303 g/mol. The minimum Gasteiger partial charge on any atom is -0.263 e. The minimum atomic E-state index is -0.681. The number of carbonyl (C=O) groups excluding carboxylic acids is 1. The largest absolute Gasteiger partial charge is 0.317 e. The van der Waals surface area contributed by atoms with E-state index in [1.165, 1.54) is 0 Å². The summed E-state index contributed by atoms with van der Waals surface area (Å²) in [6, 6.07) is 3.50. The molecule has 0 N–H and O–H groups in total. The highest BCUT2D eigenvalue weighted by Crippen LogP contribution is 2.22. The number of benzene rings is 1. The molecule has 0 heterocycles. The summed E-state index contributed by atoms with van der Waals surface area (Å²) in [5.41, 5.74) is 2.46. The van der Waals surface area contributed by atoms with Gasteiger partial charge in [0.1, 0.15) is 0 Å². The van der Waals surface area contributed by atoms with Gasteiger partial charge >= 0.3 is 5.91 Å². The first-order valence-corrected chi connectivity index (χ1v) is 5.35. The van der Waals surface area contributed by atoms with E-state index in [2.05, 4.69) is 27.8 Å². The average Bonchev–Trinajstić information content (AvgIpc) is 2.20. The van der Waals surface area contributed by atoms with Crippen molar-refractivity contribution in [1.29, 1.82) is 0 Å². The number of nitroso groups, excluding NO2 is 1. The van der Waals surface area contributed by atoms with Crippen molar-refractivity contribution >= 4 is 28.5 Å². The fraction of sp³-hybridized carbons (Fsp3) is 0.300. The molecular weight excluding hydrogens is 293 g/mol. The summed E-state index contributed by atoms with van der Waals surface area (Å²) in [7, 11) is 0. The van der Waals surface area contributed by atoms with Crippen LogP contribution in [0.25, 0.3) is 0 Å². The van der Waals surface area contributed by atoms with Crippen LogP contribution < -0.4 is 0 Å². The predicted octanol–water partition coefficient (Wildman–Crippen LogP) is 3.07. The highest BCUT2D eigenvalue weighted by Gasteiger charge is 2.14. The summed E-state index contributed by atoms with van der Waals surface area (Å²) < 4.78 is 1.04. The molecule has 74 valence electrons. The molecule has 1 amide bonds. The van der Waals surface area contributed by atoms with Crippen LogP contribution in [0.4, 0.5) is 0 Å². The van der Waals surface area contributed by atoms with Crippen LogP contribution >= 0.6 is 22.6 Å². The Hall–Kier alpha value is -0.780. The third-order valence-corrected chi connectivity index (χ3v) is 3.61. The van der Waals surface area contributed by atoms with Gasteiger partial charge in [0.15, 0.2) is 0 Å². The van der Waals surface area contributed by atoms with E-state index in [4.69, 9.17) is 0 Å². The highest BCUT2D eigenvalue weighted by atomic mass is 127. The maximum atomic E-state index is 11.2. The van der Waals surface area contributed by atoms with Crippen LogP contribution in [0, 0.1) is 15.4 Å². The van der Waals surface area contributed by atoms with Crippen molar-refractivity contribution in [3.63, 3.8) is 0 Å². The number of aryl methyl sites for hydroxylation is 1. The molecule has 0 bridgehead atoms. The molecule has 0 atom stereocenters. The van der Waals surface area contributed by atoms with Crippen molar-refractivity contribution in [2.45, 2.75) is 20.3 Å². The van der Waals surface area contributed by atoms with Crippen molar-refractivity contribution in [3.8, 4) is 0 Å².